The lowest BCUT2D eigenvalue weighted by molar-refractivity contribution is -0.161. The minimum atomic E-state index is -5.00. The largest absolute Gasteiger partial charge is 0.472 e. The van der Waals surface area contributed by atoms with E-state index in [-0.39, 0.29) is 25.7 Å². The van der Waals surface area contributed by atoms with Gasteiger partial charge in [0.2, 0.25) is 0 Å². The van der Waals surface area contributed by atoms with Crippen molar-refractivity contribution in [1.82, 2.24) is 0 Å². The van der Waals surface area contributed by atoms with Gasteiger partial charge in [-0.15, -0.1) is 0 Å². The third-order valence-corrected chi connectivity index (χ3v) is 17.6. The Kier molecular flexibility index (Phi) is 71.6. The number of carbonyl (C=O) groups is 4. The van der Waals surface area contributed by atoms with Crippen molar-refractivity contribution in [3.63, 3.8) is 0 Å². The number of hydrogen-bond acceptors (Lipinski definition) is 15. The smallest absolute Gasteiger partial charge is 0.462 e. The lowest BCUT2D eigenvalue weighted by Crippen LogP contribution is -2.30. The van der Waals surface area contributed by atoms with E-state index in [9.17, 15) is 43.2 Å². The van der Waals surface area contributed by atoms with Crippen LogP contribution in [0.15, 0.2) is 170 Å². The Hall–Kier alpha value is -5.58. The molecule has 0 spiro atoms. The zero-order valence-electron chi connectivity index (χ0n) is 64.4. The van der Waals surface area contributed by atoms with Gasteiger partial charge in [0.15, 0.2) is 12.2 Å². The lowest BCUT2D eigenvalue weighted by atomic mass is 10.1. The Morgan fingerprint density at radius 2 is 0.519 bits per heavy atom. The first-order chi connectivity index (χ1) is 50.7. The van der Waals surface area contributed by atoms with Gasteiger partial charge in [0, 0.05) is 25.7 Å². The fourth-order valence-electron chi connectivity index (χ4n) is 9.82. The topological polar surface area (TPSA) is 237 Å². The molecule has 17 nitrogen and oxygen atoms in total. The highest BCUT2D eigenvalue weighted by molar-refractivity contribution is 7.47. The molecule has 5 atom stereocenters. The molecular weight excluding hydrogens is 1350 g/mol. The third kappa shape index (κ3) is 74.7. The van der Waals surface area contributed by atoms with E-state index in [0.717, 1.165) is 161 Å². The quantitative estimate of drug-likeness (QED) is 0.0169. The Labute approximate surface area is 629 Å². The van der Waals surface area contributed by atoms with Crippen molar-refractivity contribution in [2.24, 2.45) is 0 Å². The summed E-state index contributed by atoms with van der Waals surface area (Å²) in [5.41, 5.74) is 0. The summed E-state index contributed by atoms with van der Waals surface area (Å²) in [6.45, 7) is 4.37. The van der Waals surface area contributed by atoms with E-state index in [4.69, 9.17) is 37.0 Å². The predicted molar refractivity (Wildman–Crippen MR) is 426 cm³/mol. The number of ether oxygens (including phenoxy) is 4. The maximum atomic E-state index is 13.1. The molecule has 0 saturated carbocycles. The van der Waals surface area contributed by atoms with Crippen LogP contribution in [0.25, 0.3) is 0 Å². The van der Waals surface area contributed by atoms with Gasteiger partial charge in [-0.25, -0.2) is 9.13 Å². The van der Waals surface area contributed by atoms with Crippen molar-refractivity contribution in [3.8, 4) is 0 Å². The Balaban J connectivity index is 5.44. The van der Waals surface area contributed by atoms with Crippen molar-refractivity contribution < 1.29 is 80.2 Å². The van der Waals surface area contributed by atoms with Gasteiger partial charge in [-0.3, -0.25) is 37.3 Å². The van der Waals surface area contributed by atoms with Crippen LogP contribution >= 0.6 is 15.6 Å². The monoisotopic (exact) mass is 1490 g/mol. The number of hydrogen-bond donors (Lipinski definition) is 3. The zero-order valence-corrected chi connectivity index (χ0v) is 66.2. The van der Waals surface area contributed by atoms with Crippen molar-refractivity contribution in [2.75, 3.05) is 39.6 Å². The fraction of sp³-hybridized carbons (Fsp3) is 0.624. The molecule has 0 saturated heterocycles. The molecule has 0 aromatic carbocycles. The van der Waals surface area contributed by atoms with Gasteiger partial charge in [0.25, 0.3) is 0 Å². The Bertz CT molecular complexity index is 2640. The molecule has 3 N–H and O–H groups in total. The molecule has 0 bridgehead atoms. The second kappa shape index (κ2) is 75.6. The van der Waals surface area contributed by atoms with Gasteiger partial charge in [0.1, 0.15) is 19.3 Å². The number of unbranched alkanes of at least 4 members (excludes halogenated alkanes) is 18. The Morgan fingerprint density at radius 1 is 0.279 bits per heavy atom. The number of rotatable bonds is 72. The zero-order chi connectivity index (χ0) is 76.0. The lowest BCUT2D eigenvalue weighted by Gasteiger charge is -2.21. The number of aliphatic hydroxyl groups excluding tert-OH is 1. The minimum Gasteiger partial charge on any atom is -0.462 e. The molecule has 0 aliphatic heterocycles. The number of carbonyl (C=O) groups excluding carboxylic acids is 4. The molecule has 0 amide bonds. The van der Waals surface area contributed by atoms with E-state index < -0.39 is 97.5 Å². The predicted octanol–water partition coefficient (Wildman–Crippen LogP) is 23.0. The molecule has 0 fully saturated rings. The number of phosphoric ester groups is 2. The summed E-state index contributed by atoms with van der Waals surface area (Å²) in [7, 11) is -10.00. The highest BCUT2D eigenvalue weighted by Crippen LogP contribution is 2.45. The normalized spacial score (nSPS) is 14.8. The average molecular weight is 1490 g/mol. The second-order valence-electron chi connectivity index (χ2n) is 25.5. The second-order valence-corrected chi connectivity index (χ2v) is 28.4. The molecule has 0 aliphatic rings. The van der Waals surface area contributed by atoms with E-state index in [1.165, 1.54) is 38.5 Å². The summed E-state index contributed by atoms with van der Waals surface area (Å²) in [6.07, 6.45) is 89.3. The van der Waals surface area contributed by atoms with E-state index in [2.05, 4.69) is 180 Å². The van der Waals surface area contributed by atoms with Crippen molar-refractivity contribution >= 4 is 39.5 Å². The van der Waals surface area contributed by atoms with Gasteiger partial charge in [0.05, 0.1) is 26.4 Å². The van der Waals surface area contributed by atoms with E-state index in [1.54, 1.807) is 0 Å². The third-order valence-electron chi connectivity index (χ3n) is 15.7. The van der Waals surface area contributed by atoms with Gasteiger partial charge in [-0.1, -0.05) is 288 Å². The minimum absolute atomic E-state index is 0.0320. The van der Waals surface area contributed by atoms with Crippen LogP contribution < -0.4 is 0 Å². The molecule has 0 rings (SSSR count). The standard InChI is InChI=1S/C85H138O17P2/c1-5-9-13-17-21-25-29-32-35-37-39-41-44-46-50-53-57-61-65-69-82(87)95-75-80(101-84(89)71-67-63-59-55-49-28-24-20-16-12-8-4)77-99-103(91,92)97-73-79(86)74-98-104(93,94)100-78-81(102-85(90)72-68-64-60-56-52-48-43-34-31-27-23-19-15-11-7-3)76-96-83(88)70-66-62-58-54-51-47-45-42-40-38-36-33-30-26-22-18-14-10-6-2/h9-11,13-15,21-23,25-27,32-36,39-43,46-47,50-51,57,61,79-81,86H,5-8,12,16-20,24,28-31,37-38,44-45,48-49,52-56,58-60,62-78H2,1-4H3,(H,91,92)(H,93,94)/b13-9-,14-10-,15-11-,25-21-,26-22-,27-23-,35-32-,36-33-,41-39-,42-40-,43-34-,50-46-,51-47-,61-57-. The summed E-state index contributed by atoms with van der Waals surface area (Å²) >= 11 is 0. The van der Waals surface area contributed by atoms with Gasteiger partial charge < -0.3 is 33.8 Å². The van der Waals surface area contributed by atoms with Crippen LogP contribution in [-0.4, -0.2) is 96.7 Å². The van der Waals surface area contributed by atoms with Gasteiger partial charge in [-0.2, -0.15) is 0 Å². The number of allylic oxidation sites excluding steroid dienone is 28. The molecule has 0 aromatic rings. The van der Waals surface area contributed by atoms with Crippen LogP contribution in [0, 0.1) is 0 Å². The molecule has 0 aromatic heterocycles. The maximum absolute atomic E-state index is 13.1. The van der Waals surface area contributed by atoms with Crippen molar-refractivity contribution in [1.29, 1.82) is 0 Å². The first-order valence-corrected chi connectivity index (χ1v) is 42.4. The molecule has 0 heterocycles. The van der Waals surface area contributed by atoms with Crippen LogP contribution in [0.4, 0.5) is 0 Å². The van der Waals surface area contributed by atoms with Crippen LogP contribution in [0.5, 0.6) is 0 Å². The van der Waals surface area contributed by atoms with Crippen LogP contribution in [0.1, 0.15) is 285 Å². The average Bonchev–Trinajstić information content (AvgIpc) is 0.931. The van der Waals surface area contributed by atoms with Crippen LogP contribution in [-0.2, 0) is 65.4 Å². The Morgan fingerprint density at radius 3 is 0.837 bits per heavy atom. The first kappa shape index (κ1) is 98.4. The van der Waals surface area contributed by atoms with E-state index in [0.29, 0.717) is 32.1 Å². The van der Waals surface area contributed by atoms with E-state index in [1.807, 2.05) is 18.2 Å². The summed E-state index contributed by atoms with van der Waals surface area (Å²) < 4.78 is 68.4. The highest BCUT2D eigenvalue weighted by atomic mass is 31.2. The molecule has 19 heteroatoms. The van der Waals surface area contributed by atoms with Crippen molar-refractivity contribution in [3.05, 3.63) is 170 Å². The summed E-state index contributed by atoms with van der Waals surface area (Å²) in [5.74, 6) is -2.34. The van der Waals surface area contributed by atoms with Crippen LogP contribution in [0.2, 0.25) is 0 Å². The van der Waals surface area contributed by atoms with Crippen molar-refractivity contribution in [2.45, 2.75) is 303 Å². The summed E-state index contributed by atoms with van der Waals surface area (Å²) in [5, 5.41) is 10.6. The van der Waals surface area contributed by atoms with E-state index >= 15 is 0 Å². The molecule has 0 aliphatic carbocycles. The van der Waals surface area contributed by atoms with Crippen LogP contribution in [0.3, 0.4) is 0 Å². The number of aliphatic hydroxyl groups is 1. The first-order valence-electron chi connectivity index (χ1n) is 39.4. The number of phosphoric acid groups is 2. The van der Waals surface area contributed by atoms with Gasteiger partial charge in [-0.05, 0) is 141 Å². The van der Waals surface area contributed by atoms with Gasteiger partial charge >= 0.3 is 39.5 Å². The fourth-order valence-corrected chi connectivity index (χ4v) is 11.4. The molecule has 0 radical (unpaired) electrons. The highest BCUT2D eigenvalue weighted by Gasteiger charge is 2.30. The maximum Gasteiger partial charge on any atom is 0.472 e. The molecular formula is C85H138O17P2. The summed E-state index contributed by atoms with van der Waals surface area (Å²) in [4.78, 5) is 72.9. The SMILES string of the molecule is CC/C=C\C/C=C\C/C=C\C/C=C\C/C=C\C/C=C\CCC(=O)OCC(COP(=O)(O)OCC(O)COP(=O)(O)OCC(COC(=O)CCCCC/C=C\C/C=C\C/C=C\C/C=C\C/C=C\CC)OC(=O)CCCCCCC/C=C\C/C=C\C/C=C\CC)OC(=O)CCCCCCCCCCCCC. The molecule has 5 unspecified atom stereocenters. The number of esters is 4. The molecule has 104 heavy (non-hydrogen) atoms. The summed E-state index contributed by atoms with van der Waals surface area (Å²) in [6, 6.07) is 0. The molecule has 590 valence electrons.